The number of carboxylic acids is 1. The molecule has 2 fully saturated rings. The van der Waals surface area contributed by atoms with Gasteiger partial charge in [0.1, 0.15) is 0 Å². The zero-order chi connectivity index (χ0) is 15.3. The number of nitrogens with two attached hydrogens (primary N) is 1. The molecular formula is C16H31NO3Se. The molecule has 0 amide bonds. The van der Waals surface area contributed by atoms with Gasteiger partial charge in [0.05, 0.1) is 12.1 Å². The Labute approximate surface area is 135 Å². The van der Waals surface area contributed by atoms with Crippen molar-refractivity contribution in [1.82, 2.24) is 0 Å². The third kappa shape index (κ3) is 10.3. The van der Waals surface area contributed by atoms with Crippen molar-refractivity contribution >= 4 is 20.9 Å². The first-order chi connectivity index (χ1) is 10.2. The van der Waals surface area contributed by atoms with E-state index < -0.39 is 5.97 Å². The maximum absolute atomic E-state index is 9.69. The van der Waals surface area contributed by atoms with Crippen LogP contribution in [0, 0.1) is 0 Å². The standard InChI is InChI=1S/C12H23N.C4H8O3Se/c1-3-7-11(8-4-1)13-12-9-5-2-6-10-12;5-3-8-2-1-4(6)7/h11-13H,1-10H2;5H,1-3H2,(H,6,7). The molecule has 2 rings (SSSR count). The molecule has 0 aromatic rings. The summed E-state index contributed by atoms with van der Waals surface area (Å²) in [7, 11) is 0. The van der Waals surface area contributed by atoms with Gasteiger partial charge in [0.25, 0.3) is 0 Å². The number of rotatable bonds is 6. The molecule has 2 aliphatic rings. The normalized spacial score (nSPS) is 20.6. The molecule has 0 radical (unpaired) electrons. The van der Waals surface area contributed by atoms with E-state index in [1.165, 1.54) is 64.2 Å². The molecule has 0 aromatic carbocycles. The number of hydrogen-bond acceptors (Lipinski definition) is 3. The first-order valence-corrected chi connectivity index (χ1v) is 10.9. The summed E-state index contributed by atoms with van der Waals surface area (Å²) in [5, 5.41) is 21.2. The van der Waals surface area contributed by atoms with Crippen LogP contribution in [0.25, 0.3) is 0 Å². The van der Waals surface area contributed by atoms with Gasteiger partial charge in [-0.1, -0.05) is 12.8 Å². The van der Waals surface area contributed by atoms with Crippen LogP contribution < -0.4 is 10.4 Å². The molecule has 0 unspecified atom stereocenters. The predicted octanol–water partition coefficient (Wildman–Crippen LogP) is 0.414. The number of hydrogen-bond donors (Lipinski definition) is 2. The number of carboxylic acid groups (broad SMARTS) is 1. The summed E-state index contributed by atoms with van der Waals surface area (Å²) >= 11 is 0.0834. The van der Waals surface area contributed by atoms with Crippen LogP contribution >= 0.6 is 0 Å². The van der Waals surface area contributed by atoms with E-state index in [0.29, 0.717) is 5.32 Å². The van der Waals surface area contributed by atoms with Crippen molar-refractivity contribution in [3.05, 3.63) is 0 Å². The Bertz CT molecular complexity index is 248. The Kier molecular flexibility index (Phi) is 11.2. The summed E-state index contributed by atoms with van der Waals surface area (Å²) < 4.78 is 0. The quantitative estimate of drug-likeness (QED) is 0.530. The van der Waals surface area contributed by atoms with Gasteiger partial charge < -0.3 is 5.32 Å². The molecule has 5 heteroatoms. The van der Waals surface area contributed by atoms with Crippen molar-refractivity contribution in [2.45, 2.75) is 88.0 Å². The molecule has 0 atom stereocenters. The average Bonchev–Trinajstić information content (AvgIpc) is 2.50. The van der Waals surface area contributed by atoms with Gasteiger partial charge in [0.2, 0.25) is 0 Å². The molecule has 3 N–H and O–H groups in total. The predicted molar refractivity (Wildman–Crippen MR) is 82.9 cm³/mol. The van der Waals surface area contributed by atoms with Gasteiger partial charge in [0.15, 0.2) is 0 Å². The van der Waals surface area contributed by atoms with Crippen LogP contribution in [0.15, 0.2) is 0 Å². The van der Waals surface area contributed by atoms with Gasteiger partial charge in [-0.15, -0.1) is 0 Å². The van der Waals surface area contributed by atoms with E-state index in [1.54, 1.807) is 0 Å². The van der Waals surface area contributed by atoms with Crippen molar-refractivity contribution in [3.63, 3.8) is 0 Å². The van der Waals surface area contributed by atoms with Gasteiger partial charge in [0, 0.05) is 0 Å². The topological polar surface area (TPSA) is 77.0 Å². The molecule has 0 aliphatic heterocycles. The summed E-state index contributed by atoms with van der Waals surface area (Å²) in [4.78, 5) is 9.69. The molecule has 0 bridgehead atoms. The summed E-state index contributed by atoms with van der Waals surface area (Å²) in [5.41, 5.74) is 0.125. The van der Waals surface area contributed by atoms with Gasteiger partial charge in [-0.05, 0) is 51.4 Å². The summed E-state index contributed by atoms with van der Waals surface area (Å²) in [6.07, 6.45) is 15.0. The molecule has 4 nitrogen and oxygen atoms in total. The van der Waals surface area contributed by atoms with Crippen LogP contribution in [0.1, 0.15) is 70.6 Å². The van der Waals surface area contributed by atoms with E-state index in [1.807, 2.05) is 0 Å². The molecule has 0 aromatic heterocycles. The number of quaternary nitrogens is 1. The van der Waals surface area contributed by atoms with E-state index in [9.17, 15) is 9.90 Å². The van der Waals surface area contributed by atoms with Crippen molar-refractivity contribution < 1.29 is 20.3 Å². The number of carbonyl (C=O) groups is 1. The van der Waals surface area contributed by atoms with Crippen LogP contribution in [-0.2, 0) is 4.79 Å². The molecule has 2 saturated carbocycles. The minimum atomic E-state index is -1.03. The number of aliphatic hydroxyl groups is 1. The van der Waals surface area contributed by atoms with E-state index in [-0.39, 0.29) is 26.9 Å². The maximum atomic E-state index is 9.69. The second-order valence-electron chi connectivity index (χ2n) is 6.15. The summed E-state index contributed by atoms with van der Waals surface area (Å²) in [5.74, 6) is -1.03. The van der Waals surface area contributed by atoms with Gasteiger partial charge in [-0.3, -0.25) is 0 Å². The second-order valence-corrected chi connectivity index (χ2v) is 8.40. The second kappa shape index (κ2) is 12.5. The monoisotopic (exact) mass is 365 g/mol. The minimum absolute atomic E-state index is 0.0834. The zero-order valence-corrected chi connectivity index (χ0v) is 14.8. The van der Waals surface area contributed by atoms with Crippen LogP contribution in [0.5, 0.6) is 0 Å². The Morgan fingerprint density at radius 2 is 1.48 bits per heavy atom. The van der Waals surface area contributed by atoms with Crippen LogP contribution in [0.4, 0.5) is 0 Å². The van der Waals surface area contributed by atoms with Crippen LogP contribution in [-0.4, -0.2) is 43.6 Å². The fraction of sp³-hybridized carbons (Fsp3) is 0.938. The van der Waals surface area contributed by atoms with E-state index in [2.05, 4.69) is 5.32 Å². The first-order valence-electron chi connectivity index (χ1n) is 8.46. The SMILES string of the molecule is C1CCC([NH2+]C2CCCCC2)CC1.O=C([O-])CC[Se]CO. The van der Waals surface area contributed by atoms with Gasteiger partial charge in [-0.2, -0.15) is 0 Å². The molecule has 21 heavy (non-hydrogen) atoms. The molecule has 0 saturated heterocycles. The molecular weight excluding hydrogens is 333 g/mol. The van der Waals surface area contributed by atoms with Crippen molar-refractivity contribution in [2.24, 2.45) is 0 Å². The van der Waals surface area contributed by atoms with Crippen molar-refractivity contribution in [2.75, 3.05) is 5.51 Å². The third-order valence-corrected chi connectivity index (χ3v) is 5.80. The summed E-state index contributed by atoms with van der Waals surface area (Å²) in [6.45, 7) is 0. The Morgan fingerprint density at radius 3 is 1.86 bits per heavy atom. The summed E-state index contributed by atoms with van der Waals surface area (Å²) in [6, 6.07) is 1.99. The van der Waals surface area contributed by atoms with Gasteiger partial charge >= 0.3 is 53.2 Å². The van der Waals surface area contributed by atoms with Crippen molar-refractivity contribution in [3.8, 4) is 0 Å². The molecule has 0 heterocycles. The van der Waals surface area contributed by atoms with E-state index in [0.717, 1.165) is 12.1 Å². The van der Waals surface area contributed by atoms with E-state index in [4.69, 9.17) is 5.11 Å². The average molecular weight is 364 g/mol. The number of aliphatic hydroxyl groups excluding tert-OH is 1. The number of aliphatic carboxylic acids is 1. The Hall–Kier alpha value is -0.0905. The van der Waals surface area contributed by atoms with Crippen LogP contribution in [0.3, 0.4) is 0 Å². The molecule has 0 spiro atoms. The van der Waals surface area contributed by atoms with E-state index >= 15 is 0 Å². The molecule has 2 aliphatic carbocycles. The Balaban J connectivity index is 0.000000240. The third-order valence-electron chi connectivity index (χ3n) is 4.39. The number of carbonyl (C=O) groups excluding carboxylic acids is 1. The van der Waals surface area contributed by atoms with Crippen LogP contribution in [0.2, 0.25) is 5.32 Å². The fourth-order valence-corrected chi connectivity index (χ4v) is 4.18. The Morgan fingerprint density at radius 1 is 1.00 bits per heavy atom. The fourth-order valence-electron chi connectivity index (χ4n) is 3.26. The van der Waals surface area contributed by atoms with Crippen molar-refractivity contribution in [1.29, 1.82) is 0 Å². The molecule has 124 valence electrons. The zero-order valence-electron chi connectivity index (χ0n) is 13.1. The van der Waals surface area contributed by atoms with Gasteiger partial charge in [-0.25, -0.2) is 0 Å². The first kappa shape index (κ1) is 19.0.